The van der Waals surface area contributed by atoms with Crippen LogP contribution in [0, 0.1) is 0 Å². The van der Waals surface area contributed by atoms with Crippen LogP contribution < -0.4 is 0 Å². The second kappa shape index (κ2) is 22.8. The molecule has 1 amide bonds. The van der Waals surface area contributed by atoms with Crippen LogP contribution in [-0.2, 0) is 61.5 Å². The Kier molecular flexibility index (Phi) is 16.9. The maximum Gasteiger partial charge on any atom is 0.410 e. The average molecular weight is 730 g/mol. The van der Waals surface area contributed by atoms with Gasteiger partial charge >= 0.3 is 6.09 Å². The molecule has 0 radical (unpaired) electrons. The molecular weight excluding hydrogens is 679 g/mol. The first-order chi connectivity index (χ1) is 26.6. The monoisotopic (exact) mass is 729 g/mol. The van der Waals surface area contributed by atoms with E-state index in [9.17, 15) is 9.59 Å². The zero-order valence-corrected chi connectivity index (χ0v) is 31.0. The van der Waals surface area contributed by atoms with Gasteiger partial charge in [-0.3, -0.25) is 4.79 Å². The van der Waals surface area contributed by atoms with Crippen LogP contribution in [0.2, 0.25) is 0 Å². The van der Waals surface area contributed by atoms with Crippen molar-refractivity contribution in [2.45, 2.75) is 71.1 Å². The maximum atomic E-state index is 14.3. The number of hydrogen-bond acceptors (Lipinski definition) is 7. The summed E-state index contributed by atoms with van der Waals surface area (Å²) in [5, 5.41) is 0. The van der Waals surface area contributed by atoms with E-state index < -0.39 is 24.4 Å². The van der Waals surface area contributed by atoms with Crippen molar-refractivity contribution in [1.29, 1.82) is 0 Å². The van der Waals surface area contributed by atoms with Crippen molar-refractivity contribution in [3.8, 4) is 0 Å². The molecule has 0 saturated carbocycles. The number of hydrogen-bond donors (Lipinski definition) is 0. The first kappa shape index (κ1) is 40.1. The summed E-state index contributed by atoms with van der Waals surface area (Å²) in [7, 11) is 0. The molecule has 0 heterocycles. The summed E-state index contributed by atoms with van der Waals surface area (Å²) in [6.45, 7) is 3.37. The van der Waals surface area contributed by atoms with Gasteiger partial charge in [0, 0.05) is 6.54 Å². The van der Waals surface area contributed by atoms with E-state index in [1.807, 2.05) is 152 Å². The number of Topliss-reactive ketones (excluding diaryl/α,β-unsaturated/α-hetero) is 1. The van der Waals surface area contributed by atoms with Crippen molar-refractivity contribution in [2.24, 2.45) is 0 Å². The molecular formula is C46H51NO7. The largest absolute Gasteiger partial charge is 0.445 e. The zero-order valence-electron chi connectivity index (χ0n) is 31.0. The van der Waals surface area contributed by atoms with Gasteiger partial charge < -0.3 is 28.6 Å². The van der Waals surface area contributed by atoms with Gasteiger partial charge in [0.2, 0.25) is 0 Å². The lowest BCUT2D eigenvalue weighted by Crippen LogP contribution is -2.52. The van der Waals surface area contributed by atoms with E-state index in [1.165, 1.54) is 0 Å². The highest BCUT2D eigenvalue weighted by Crippen LogP contribution is 2.22. The second-order valence-electron chi connectivity index (χ2n) is 13.1. The molecule has 0 unspecified atom stereocenters. The summed E-state index contributed by atoms with van der Waals surface area (Å²) in [5.74, 6) is -0.292. The van der Waals surface area contributed by atoms with Gasteiger partial charge in [0.15, 0.2) is 5.78 Å². The minimum atomic E-state index is -1.10. The SMILES string of the molecule is CCCCN(C[C@H](OCc1ccccc1)[C@@H](OCc1ccccc1)[C@@H](OCc1ccccc1)C(=O)COCc1ccccc1)C(=O)OCc1ccccc1. The van der Waals surface area contributed by atoms with Crippen LogP contribution in [0.5, 0.6) is 0 Å². The van der Waals surface area contributed by atoms with Gasteiger partial charge in [-0.2, -0.15) is 0 Å². The van der Waals surface area contributed by atoms with Gasteiger partial charge in [-0.25, -0.2) is 4.79 Å². The van der Waals surface area contributed by atoms with Gasteiger partial charge in [0.25, 0.3) is 0 Å². The Morgan fingerprint density at radius 1 is 0.537 bits per heavy atom. The van der Waals surface area contributed by atoms with Crippen molar-refractivity contribution in [3.05, 3.63) is 179 Å². The highest BCUT2D eigenvalue weighted by molar-refractivity contribution is 5.85. The summed E-state index contributed by atoms with van der Waals surface area (Å²) < 4.78 is 31.8. The molecule has 54 heavy (non-hydrogen) atoms. The normalized spacial score (nSPS) is 12.8. The number of ether oxygens (including phenoxy) is 5. The average Bonchev–Trinajstić information content (AvgIpc) is 3.23. The summed E-state index contributed by atoms with van der Waals surface area (Å²) >= 11 is 0. The van der Waals surface area contributed by atoms with Crippen LogP contribution in [0.1, 0.15) is 47.6 Å². The minimum Gasteiger partial charge on any atom is -0.445 e. The zero-order chi connectivity index (χ0) is 37.6. The standard InChI is InChI=1S/C46H51NO7/c1-2-3-29-47(46(49)54-35-41-27-17-8-18-28-41)30-43(51-32-38-21-11-5-12-22-38)45(53-34-40-25-15-7-16-26-40)44(52-33-39-23-13-6-14-24-39)42(48)36-50-31-37-19-9-4-10-20-37/h4-28,43-45H,2-3,29-36H2,1H3/t43-,44-,45+/m0/s1. The smallest absolute Gasteiger partial charge is 0.410 e. The van der Waals surface area contributed by atoms with Crippen LogP contribution in [-0.4, -0.2) is 54.8 Å². The van der Waals surface area contributed by atoms with Crippen LogP contribution in [0.15, 0.2) is 152 Å². The van der Waals surface area contributed by atoms with Gasteiger partial charge in [-0.05, 0) is 34.2 Å². The van der Waals surface area contributed by atoms with Gasteiger partial charge in [0.05, 0.1) is 33.0 Å². The molecule has 0 aliphatic carbocycles. The third-order valence-electron chi connectivity index (χ3n) is 8.85. The Balaban J connectivity index is 1.47. The van der Waals surface area contributed by atoms with E-state index in [2.05, 4.69) is 6.92 Å². The molecule has 3 atom stereocenters. The van der Waals surface area contributed by atoms with Crippen molar-refractivity contribution >= 4 is 11.9 Å². The number of nitrogens with zero attached hydrogens (tertiary/aromatic N) is 1. The summed E-state index contributed by atoms with van der Waals surface area (Å²) in [6, 6.07) is 48.6. The molecule has 0 aliphatic rings. The molecule has 5 rings (SSSR count). The number of amides is 1. The molecule has 0 saturated heterocycles. The summed E-state index contributed by atoms with van der Waals surface area (Å²) in [6.07, 6.45) is -1.68. The number of carbonyl (C=O) groups excluding carboxylic acids is 2. The Labute approximate surface area is 319 Å². The number of unbranched alkanes of at least 4 members (excludes halogenated alkanes) is 1. The Morgan fingerprint density at radius 3 is 1.44 bits per heavy atom. The van der Waals surface area contributed by atoms with Crippen molar-refractivity contribution in [3.63, 3.8) is 0 Å². The molecule has 0 aliphatic heterocycles. The Hall–Kier alpha value is -5.12. The third-order valence-corrected chi connectivity index (χ3v) is 8.85. The lowest BCUT2D eigenvalue weighted by molar-refractivity contribution is -0.172. The number of rotatable bonds is 23. The van der Waals surface area contributed by atoms with Gasteiger partial charge in [-0.15, -0.1) is 0 Å². The van der Waals surface area contributed by atoms with Crippen molar-refractivity contribution < 1.29 is 33.3 Å². The lowest BCUT2D eigenvalue weighted by Gasteiger charge is -2.36. The minimum absolute atomic E-state index is 0.100. The molecule has 0 N–H and O–H groups in total. The predicted molar refractivity (Wildman–Crippen MR) is 209 cm³/mol. The first-order valence-electron chi connectivity index (χ1n) is 18.7. The summed E-state index contributed by atoms with van der Waals surface area (Å²) in [4.78, 5) is 29.8. The topological polar surface area (TPSA) is 83.5 Å². The molecule has 0 bridgehead atoms. The molecule has 5 aromatic carbocycles. The van der Waals surface area contributed by atoms with E-state index in [-0.39, 0.29) is 52.0 Å². The molecule has 0 fully saturated rings. The molecule has 0 spiro atoms. The fraction of sp³-hybridized carbons (Fsp3) is 0.304. The van der Waals surface area contributed by atoms with Crippen LogP contribution in [0.25, 0.3) is 0 Å². The molecule has 282 valence electrons. The number of carbonyl (C=O) groups is 2. The Bertz CT molecular complexity index is 1760. The maximum absolute atomic E-state index is 14.3. The quantitative estimate of drug-likeness (QED) is 0.0664. The van der Waals surface area contributed by atoms with E-state index >= 15 is 0 Å². The van der Waals surface area contributed by atoms with Gasteiger partial charge in [0.1, 0.15) is 31.5 Å². The number of benzene rings is 5. The lowest BCUT2D eigenvalue weighted by atomic mass is 10.0. The molecule has 5 aromatic rings. The first-order valence-corrected chi connectivity index (χ1v) is 18.7. The van der Waals surface area contributed by atoms with Crippen LogP contribution in [0.4, 0.5) is 4.79 Å². The van der Waals surface area contributed by atoms with Crippen LogP contribution >= 0.6 is 0 Å². The highest BCUT2D eigenvalue weighted by atomic mass is 16.6. The van der Waals surface area contributed by atoms with Crippen LogP contribution in [0.3, 0.4) is 0 Å². The molecule has 8 heteroatoms. The number of ketones is 1. The van der Waals surface area contributed by atoms with E-state index in [1.54, 1.807) is 4.90 Å². The Morgan fingerprint density at radius 2 is 0.963 bits per heavy atom. The fourth-order valence-corrected chi connectivity index (χ4v) is 5.88. The fourth-order valence-electron chi connectivity index (χ4n) is 5.88. The van der Waals surface area contributed by atoms with E-state index in [0.717, 1.165) is 40.7 Å². The van der Waals surface area contributed by atoms with Gasteiger partial charge in [-0.1, -0.05) is 165 Å². The summed E-state index contributed by atoms with van der Waals surface area (Å²) in [5.41, 5.74) is 4.60. The second-order valence-corrected chi connectivity index (χ2v) is 13.1. The van der Waals surface area contributed by atoms with Crippen molar-refractivity contribution in [1.82, 2.24) is 4.90 Å². The van der Waals surface area contributed by atoms with E-state index in [4.69, 9.17) is 23.7 Å². The molecule has 0 aromatic heterocycles. The highest BCUT2D eigenvalue weighted by Gasteiger charge is 2.39. The molecule has 8 nitrogen and oxygen atoms in total. The van der Waals surface area contributed by atoms with Crippen molar-refractivity contribution in [2.75, 3.05) is 19.7 Å². The predicted octanol–water partition coefficient (Wildman–Crippen LogP) is 8.97. The van der Waals surface area contributed by atoms with E-state index in [0.29, 0.717) is 6.54 Å². The third kappa shape index (κ3) is 13.7.